The summed E-state index contributed by atoms with van der Waals surface area (Å²) >= 11 is 0. The van der Waals surface area contributed by atoms with E-state index in [0.717, 1.165) is 0 Å². The van der Waals surface area contributed by atoms with Crippen molar-refractivity contribution in [1.82, 2.24) is 0 Å². The third kappa shape index (κ3) is 10.5. The molecule has 1 aromatic carbocycles. The van der Waals surface area contributed by atoms with Gasteiger partial charge in [0.2, 0.25) is 0 Å². The van der Waals surface area contributed by atoms with Crippen molar-refractivity contribution in [3.05, 3.63) is 36.4 Å². The Morgan fingerprint density at radius 3 is 1.70 bits per heavy atom. The summed E-state index contributed by atoms with van der Waals surface area (Å²) in [6.45, 7) is 1.32. The predicted octanol–water partition coefficient (Wildman–Crippen LogP) is 1.60. The second kappa shape index (κ2) is 11.4. The molecular weight excluding hydrogens is 296 g/mol. The molecule has 0 spiro atoms. The molecule has 0 aliphatic carbocycles. The van der Waals surface area contributed by atoms with Crippen LogP contribution in [0.15, 0.2) is 30.3 Å². The Morgan fingerprint density at radius 1 is 1.20 bits per heavy atom. The first kappa shape index (κ1) is 12.3. The number of rotatable bonds is 0. The van der Waals surface area contributed by atoms with E-state index in [-0.39, 0.29) is 21.1 Å². The van der Waals surface area contributed by atoms with Gasteiger partial charge in [-0.05, 0) is 0 Å². The molecule has 0 radical (unpaired) electrons. The van der Waals surface area contributed by atoms with Gasteiger partial charge in [0.1, 0.15) is 0 Å². The first-order chi connectivity index (χ1) is 4.41. The molecule has 0 heterocycles. The van der Waals surface area contributed by atoms with E-state index in [1.165, 1.54) is 13.2 Å². The molecule has 0 fully saturated rings. The number of benzene rings is 1. The van der Waals surface area contributed by atoms with Crippen LogP contribution < -0.4 is 0 Å². The minimum Gasteiger partial charge on any atom is -0.542 e. The molecular formula is C8H8OW. The molecule has 0 saturated carbocycles. The third-order valence-corrected chi connectivity index (χ3v) is 0.607. The molecule has 0 aromatic heterocycles. The second-order valence-corrected chi connectivity index (χ2v) is 1.28. The van der Waals surface area contributed by atoms with E-state index in [2.05, 4.69) is 6.07 Å². The first-order valence-electron chi connectivity index (χ1n) is 2.61. The zero-order valence-electron chi connectivity index (χ0n) is 5.70. The van der Waals surface area contributed by atoms with Crippen molar-refractivity contribution in [2.75, 3.05) is 0 Å². The van der Waals surface area contributed by atoms with Crippen LogP contribution in [0.1, 0.15) is 6.92 Å². The fourth-order valence-electron chi connectivity index (χ4n) is 0.342. The van der Waals surface area contributed by atoms with Crippen molar-refractivity contribution in [2.24, 2.45) is 0 Å². The van der Waals surface area contributed by atoms with E-state index >= 15 is 0 Å². The Hall–Kier alpha value is -0.422. The predicted molar refractivity (Wildman–Crippen MR) is 36.6 cm³/mol. The molecule has 1 aromatic rings. The summed E-state index contributed by atoms with van der Waals surface area (Å²) in [5, 5.41) is 0. The summed E-state index contributed by atoms with van der Waals surface area (Å²) in [4.78, 5) is 8.68. The molecule has 0 bridgehead atoms. The molecule has 0 aliphatic heterocycles. The smallest absolute Gasteiger partial charge is 0.542 e. The van der Waals surface area contributed by atoms with Crippen molar-refractivity contribution >= 4 is 6.29 Å². The fraction of sp³-hybridized carbons (Fsp3) is 0.125. The van der Waals surface area contributed by atoms with Gasteiger partial charge in [-0.25, -0.2) is 0 Å². The largest absolute Gasteiger partial charge is 2.00 e. The zero-order valence-corrected chi connectivity index (χ0v) is 8.64. The van der Waals surface area contributed by atoms with E-state index in [1.54, 1.807) is 0 Å². The molecule has 1 nitrogen and oxygen atoms in total. The maximum absolute atomic E-state index is 8.68. The van der Waals surface area contributed by atoms with Gasteiger partial charge in [-0.3, -0.25) is 6.29 Å². The van der Waals surface area contributed by atoms with Gasteiger partial charge in [0.25, 0.3) is 0 Å². The monoisotopic (exact) mass is 304 g/mol. The molecule has 10 heavy (non-hydrogen) atoms. The fourth-order valence-corrected chi connectivity index (χ4v) is 0.342. The molecule has 0 unspecified atom stereocenters. The Morgan fingerprint density at radius 2 is 1.60 bits per heavy atom. The topological polar surface area (TPSA) is 17.1 Å². The number of carbonyl (C=O) groups excluding carboxylic acids is 1. The van der Waals surface area contributed by atoms with Crippen LogP contribution in [0.3, 0.4) is 0 Å². The van der Waals surface area contributed by atoms with Crippen molar-refractivity contribution < 1.29 is 25.9 Å². The average Bonchev–Trinajstić information content (AvgIpc) is 1.93. The van der Waals surface area contributed by atoms with E-state index in [4.69, 9.17) is 4.79 Å². The molecule has 0 atom stereocenters. The SMILES string of the molecule is C[C-]=O.[W+2].[c-]1ccccc1. The number of hydrogen-bond acceptors (Lipinski definition) is 1. The van der Waals surface area contributed by atoms with Crippen molar-refractivity contribution in [2.45, 2.75) is 6.92 Å². The maximum atomic E-state index is 8.68. The van der Waals surface area contributed by atoms with Gasteiger partial charge >= 0.3 is 21.1 Å². The maximum Gasteiger partial charge on any atom is 2.00 e. The van der Waals surface area contributed by atoms with Gasteiger partial charge in [0.05, 0.1) is 0 Å². The van der Waals surface area contributed by atoms with Crippen LogP contribution in [0.25, 0.3) is 0 Å². The van der Waals surface area contributed by atoms with Crippen LogP contribution >= 0.6 is 0 Å². The number of hydrogen-bond donors (Lipinski definition) is 0. The zero-order chi connectivity index (χ0) is 6.95. The van der Waals surface area contributed by atoms with Gasteiger partial charge in [0, 0.05) is 0 Å². The van der Waals surface area contributed by atoms with Crippen LogP contribution in [0.4, 0.5) is 0 Å². The summed E-state index contributed by atoms with van der Waals surface area (Å²) < 4.78 is 0. The first-order valence-corrected chi connectivity index (χ1v) is 2.61. The van der Waals surface area contributed by atoms with Crippen LogP contribution in [-0.4, -0.2) is 6.29 Å². The Kier molecular flexibility index (Phi) is 14.0. The normalized spacial score (nSPS) is 6.10. The van der Waals surface area contributed by atoms with E-state index < -0.39 is 0 Å². The Bertz CT molecular complexity index is 112. The van der Waals surface area contributed by atoms with E-state index in [1.807, 2.05) is 30.3 Å². The average molecular weight is 304 g/mol. The van der Waals surface area contributed by atoms with Crippen molar-refractivity contribution in [3.63, 3.8) is 0 Å². The molecule has 1 rings (SSSR count). The van der Waals surface area contributed by atoms with E-state index in [9.17, 15) is 0 Å². The summed E-state index contributed by atoms with van der Waals surface area (Å²) in [6.07, 6.45) is 1.50. The second-order valence-electron chi connectivity index (χ2n) is 1.28. The molecule has 0 N–H and O–H groups in total. The van der Waals surface area contributed by atoms with Crippen LogP contribution in [0.5, 0.6) is 0 Å². The molecule has 2 heteroatoms. The molecule has 52 valence electrons. The molecule has 0 aliphatic rings. The van der Waals surface area contributed by atoms with Gasteiger partial charge in [-0.1, -0.05) is 0 Å². The van der Waals surface area contributed by atoms with Crippen LogP contribution in [0.2, 0.25) is 0 Å². The molecule has 0 saturated heterocycles. The Labute approximate surface area is 75.7 Å². The standard InChI is InChI=1S/C6H5.C2H3O.W/c1-2-4-6-5-3-1;1-2-3;/h1-5H;1H3;/q2*-1;+2. The third-order valence-electron chi connectivity index (χ3n) is 0.607. The minimum absolute atomic E-state index is 0. The van der Waals surface area contributed by atoms with Gasteiger partial charge < -0.3 is 4.79 Å². The quantitative estimate of drug-likeness (QED) is 0.666. The van der Waals surface area contributed by atoms with Crippen molar-refractivity contribution in [1.29, 1.82) is 0 Å². The van der Waals surface area contributed by atoms with Gasteiger partial charge in [-0.15, -0.1) is 0 Å². The van der Waals surface area contributed by atoms with Crippen molar-refractivity contribution in [3.8, 4) is 0 Å². The van der Waals surface area contributed by atoms with Gasteiger partial charge in [0.15, 0.2) is 0 Å². The summed E-state index contributed by atoms with van der Waals surface area (Å²) in [7, 11) is 0. The minimum atomic E-state index is 0. The summed E-state index contributed by atoms with van der Waals surface area (Å²) in [6, 6.07) is 12.5. The van der Waals surface area contributed by atoms with E-state index in [0.29, 0.717) is 0 Å². The van der Waals surface area contributed by atoms with Crippen LogP contribution in [-0.2, 0) is 25.9 Å². The summed E-state index contributed by atoms with van der Waals surface area (Å²) in [5.74, 6) is 0. The Balaban J connectivity index is 0. The molecule has 0 amide bonds. The summed E-state index contributed by atoms with van der Waals surface area (Å²) in [5.41, 5.74) is 0. The van der Waals surface area contributed by atoms with Gasteiger partial charge in [-0.2, -0.15) is 43.3 Å². The van der Waals surface area contributed by atoms with Crippen LogP contribution in [0, 0.1) is 6.07 Å².